The molecule has 4 rings (SSSR count). The lowest BCUT2D eigenvalue weighted by atomic mass is 9.98. The van der Waals surface area contributed by atoms with Crippen LogP contribution < -0.4 is 5.32 Å². The van der Waals surface area contributed by atoms with Gasteiger partial charge in [-0.05, 0) is 30.2 Å². The van der Waals surface area contributed by atoms with E-state index in [2.05, 4.69) is 5.32 Å². The average Bonchev–Trinajstić information content (AvgIpc) is 3.12. The first-order chi connectivity index (χ1) is 12.0. The zero-order valence-corrected chi connectivity index (χ0v) is 13.1. The van der Waals surface area contributed by atoms with E-state index in [1.54, 1.807) is 0 Å². The molecule has 126 valence electrons. The molecule has 5 nitrogen and oxygen atoms in total. The molecule has 2 aliphatic rings. The molecule has 0 saturated heterocycles. The maximum atomic E-state index is 13.6. The topological polar surface area (TPSA) is 75.6 Å². The molecule has 2 aromatic carbocycles. The van der Waals surface area contributed by atoms with Crippen molar-refractivity contribution in [3.05, 3.63) is 64.5 Å². The Bertz CT molecular complexity index is 948. The number of anilines is 1. The van der Waals surface area contributed by atoms with Gasteiger partial charge in [0.25, 0.3) is 5.91 Å². The van der Waals surface area contributed by atoms with Crippen molar-refractivity contribution in [3.8, 4) is 0 Å². The monoisotopic (exact) mass is 339 g/mol. The summed E-state index contributed by atoms with van der Waals surface area (Å²) < 4.78 is 19.3. The van der Waals surface area contributed by atoms with Crippen molar-refractivity contribution in [2.24, 2.45) is 0 Å². The van der Waals surface area contributed by atoms with Crippen molar-refractivity contribution in [1.29, 1.82) is 0 Å². The van der Waals surface area contributed by atoms with Gasteiger partial charge < -0.3 is 15.2 Å². The van der Waals surface area contributed by atoms with E-state index in [1.807, 2.05) is 18.2 Å². The van der Waals surface area contributed by atoms with E-state index in [-0.39, 0.29) is 12.3 Å². The van der Waals surface area contributed by atoms with Gasteiger partial charge in [-0.2, -0.15) is 0 Å². The van der Waals surface area contributed by atoms with E-state index in [1.165, 1.54) is 18.2 Å². The van der Waals surface area contributed by atoms with Gasteiger partial charge in [0, 0.05) is 28.8 Å². The number of carbonyl (C=O) groups excluding carboxylic acids is 1. The summed E-state index contributed by atoms with van der Waals surface area (Å²) in [7, 11) is 0. The zero-order valence-electron chi connectivity index (χ0n) is 13.1. The maximum Gasteiger partial charge on any atom is 0.303 e. The van der Waals surface area contributed by atoms with Gasteiger partial charge in [0.1, 0.15) is 18.2 Å². The summed E-state index contributed by atoms with van der Waals surface area (Å²) >= 11 is 0. The molecule has 2 N–H and O–H groups in total. The van der Waals surface area contributed by atoms with Crippen LogP contribution in [0.15, 0.2) is 36.4 Å². The number of carboxylic acid groups (broad SMARTS) is 1. The molecular formula is C19H14FNO4. The number of rotatable bonds is 3. The Morgan fingerprint density at radius 2 is 2.04 bits per heavy atom. The highest BCUT2D eigenvalue weighted by Crippen LogP contribution is 2.41. The number of amides is 1. The highest BCUT2D eigenvalue weighted by molar-refractivity contribution is 6.36. The molecule has 0 unspecified atom stereocenters. The second-order valence-electron chi connectivity index (χ2n) is 6.02. The third kappa shape index (κ3) is 2.65. The Balaban J connectivity index is 1.76. The van der Waals surface area contributed by atoms with E-state index >= 15 is 0 Å². The Hall–Kier alpha value is -3.15. The SMILES string of the molecule is O=C(O)CCc1ccc2c(c1)CO/C2=C1\C(=O)Nc2ccc(F)cc21. The van der Waals surface area contributed by atoms with E-state index in [4.69, 9.17) is 9.84 Å². The van der Waals surface area contributed by atoms with E-state index in [9.17, 15) is 14.0 Å². The molecule has 1 amide bonds. The Morgan fingerprint density at radius 1 is 1.20 bits per heavy atom. The third-order valence-electron chi connectivity index (χ3n) is 4.37. The Labute approximate surface area is 142 Å². The van der Waals surface area contributed by atoms with Crippen LogP contribution in [-0.4, -0.2) is 17.0 Å². The van der Waals surface area contributed by atoms with Crippen molar-refractivity contribution in [1.82, 2.24) is 0 Å². The number of fused-ring (bicyclic) bond motifs is 2. The Morgan fingerprint density at radius 3 is 2.84 bits per heavy atom. The van der Waals surface area contributed by atoms with Crippen LogP contribution in [0.4, 0.5) is 10.1 Å². The van der Waals surface area contributed by atoms with E-state index in [0.717, 1.165) is 16.7 Å². The third-order valence-corrected chi connectivity index (χ3v) is 4.37. The highest BCUT2D eigenvalue weighted by atomic mass is 19.1. The van der Waals surface area contributed by atoms with Crippen LogP contribution in [0.5, 0.6) is 0 Å². The molecule has 2 aromatic rings. The standard InChI is InChI=1S/C19H14FNO4/c20-12-3-5-15-14(8-12)17(19(24)21-15)18-13-4-1-10(2-6-16(22)23)7-11(13)9-25-18/h1,3-5,7-8H,2,6,9H2,(H,21,24)(H,22,23)/b18-17-. The van der Waals surface area contributed by atoms with Crippen molar-refractivity contribution in [2.45, 2.75) is 19.4 Å². The van der Waals surface area contributed by atoms with Gasteiger partial charge in [0.05, 0.1) is 5.57 Å². The summed E-state index contributed by atoms with van der Waals surface area (Å²) in [4.78, 5) is 23.1. The van der Waals surface area contributed by atoms with E-state index in [0.29, 0.717) is 35.6 Å². The minimum atomic E-state index is -0.846. The fourth-order valence-corrected chi connectivity index (χ4v) is 3.19. The second-order valence-corrected chi connectivity index (χ2v) is 6.02. The average molecular weight is 339 g/mol. The number of carboxylic acids is 1. The van der Waals surface area contributed by atoms with Crippen LogP contribution in [0.2, 0.25) is 0 Å². The fraction of sp³-hybridized carbons (Fsp3) is 0.158. The van der Waals surface area contributed by atoms with Crippen LogP contribution in [-0.2, 0) is 27.4 Å². The summed E-state index contributed by atoms with van der Waals surface area (Å²) in [5.74, 6) is -1.16. The van der Waals surface area contributed by atoms with Gasteiger partial charge >= 0.3 is 5.97 Å². The lowest BCUT2D eigenvalue weighted by Gasteiger charge is -2.06. The minimum Gasteiger partial charge on any atom is -0.487 e. The largest absolute Gasteiger partial charge is 0.487 e. The summed E-state index contributed by atoms with van der Waals surface area (Å²) in [5.41, 5.74) is 3.95. The minimum absolute atomic E-state index is 0.0582. The number of hydrogen-bond donors (Lipinski definition) is 2. The number of hydrogen-bond acceptors (Lipinski definition) is 3. The molecule has 0 spiro atoms. The molecule has 0 fully saturated rings. The van der Waals surface area contributed by atoms with E-state index < -0.39 is 11.8 Å². The number of carbonyl (C=O) groups is 2. The number of nitrogens with one attached hydrogen (secondary N) is 1. The molecular weight excluding hydrogens is 325 g/mol. The zero-order chi connectivity index (χ0) is 17.6. The molecule has 6 heteroatoms. The predicted octanol–water partition coefficient (Wildman–Crippen LogP) is 3.19. The van der Waals surface area contributed by atoms with Crippen molar-refractivity contribution >= 4 is 28.9 Å². The summed E-state index contributed by atoms with van der Waals surface area (Å²) in [6.45, 7) is 0.299. The molecule has 0 saturated carbocycles. The smallest absolute Gasteiger partial charge is 0.303 e. The van der Waals surface area contributed by atoms with Gasteiger partial charge in [-0.3, -0.25) is 9.59 Å². The van der Waals surface area contributed by atoms with Gasteiger partial charge in [0.15, 0.2) is 0 Å². The molecule has 0 aromatic heterocycles. The Kier molecular flexibility index (Phi) is 3.53. The van der Waals surface area contributed by atoms with Crippen LogP contribution in [0.3, 0.4) is 0 Å². The van der Waals surface area contributed by atoms with Crippen LogP contribution >= 0.6 is 0 Å². The maximum absolute atomic E-state index is 13.6. The molecule has 0 bridgehead atoms. The van der Waals surface area contributed by atoms with Crippen molar-refractivity contribution < 1.29 is 23.8 Å². The van der Waals surface area contributed by atoms with Crippen LogP contribution in [0.1, 0.15) is 28.7 Å². The number of benzene rings is 2. The van der Waals surface area contributed by atoms with Gasteiger partial charge in [-0.15, -0.1) is 0 Å². The first-order valence-electron chi connectivity index (χ1n) is 7.85. The molecule has 25 heavy (non-hydrogen) atoms. The number of aryl methyl sites for hydroxylation is 1. The number of aliphatic carboxylic acids is 1. The highest BCUT2D eigenvalue weighted by Gasteiger charge is 2.32. The lowest BCUT2D eigenvalue weighted by Crippen LogP contribution is -2.05. The molecule has 0 radical (unpaired) electrons. The van der Waals surface area contributed by atoms with Gasteiger partial charge in [0.2, 0.25) is 0 Å². The molecule has 2 aliphatic heterocycles. The quantitative estimate of drug-likeness (QED) is 0.842. The first kappa shape index (κ1) is 15.4. The summed E-state index contributed by atoms with van der Waals surface area (Å²) in [5, 5.41) is 11.5. The van der Waals surface area contributed by atoms with Gasteiger partial charge in [-0.25, -0.2) is 4.39 Å². The molecule has 0 atom stereocenters. The summed E-state index contributed by atoms with van der Waals surface area (Å²) in [6.07, 6.45) is 0.492. The predicted molar refractivity (Wildman–Crippen MR) is 89.0 cm³/mol. The van der Waals surface area contributed by atoms with Crippen LogP contribution in [0.25, 0.3) is 11.3 Å². The molecule has 2 heterocycles. The normalized spacial score (nSPS) is 17.7. The molecule has 0 aliphatic carbocycles. The van der Waals surface area contributed by atoms with Crippen molar-refractivity contribution in [2.75, 3.05) is 5.32 Å². The summed E-state index contributed by atoms with van der Waals surface area (Å²) in [6, 6.07) is 9.69. The van der Waals surface area contributed by atoms with Crippen molar-refractivity contribution in [3.63, 3.8) is 0 Å². The second kappa shape index (κ2) is 5.73. The number of halogens is 1. The van der Waals surface area contributed by atoms with Crippen LogP contribution in [0, 0.1) is 5.82 Å². The lowest BCUT2D eigenvalue weighted by molar-refractivity contribution is -0.137. The number of ether oxygens (including phenoxy) is 1. The first-order valence-corrected chi connectivity index (χ1v) is 7.85. The fourth-order valence-electron chi connectivity index (χ4n) is 3.19. The van der Waals surface area contributed by atoms with Gasteiger partial charge in [-0.1, -0.05) is 18.2 Å².